The van der Waals surface area contributed by atoms with E-state index in [2.05, 4.69) is 5.32 Å². The largest absolute Gasteiger partial charge is 0.416 e. The topological polar surface area (TPSA) is 75.7 Å². The van der Waals surface area contributed by atoms with E-state index in [0.717, 1.165) is 17.7 Å². The van der Waals surface area contributed by atoms with Gasteiger partial charge in [0.15, 0.2) is 0 Å². The summed E-state index contributed by atoms with van der Waals surface area (Å²) in [6.45, 7) is -0.523. The Morgan fingerprint density at radius 3 is 2.38 bits per heavy atom. The van der Waals surface area contributed by atoms with Crippen LogP contribution in [-0.2, 0) is 32.3 Å². The lowest BCUT2D eigenvalue weighted by Gasteiger charge is -2.26. The fourth-order valence-electron chi connectivity index (χ4n) is 3.14. The molecule has 0 heterocycles. The van der Waals surface area contributed by atoms with Gasteiger partial charge >= 0.3 is 6.18 Å². The van der Waals surface area contributed by atoms with Gasteiger partial charge in [-0.25, -0.2) is 8.42 Å². The van der Waals surface area contributed by atoms with Gasteiger partial charge in [0, 0.05) is 12.8 Å². The molecular formula is C23H20ClF3N2O4S. The maximum absolute atomic E-state index is 13.4. The average molecular weight is 513 g/mol. The molecule has 0 radical (unpaired) electrons. The van der Waals surface area contributed by atoms with Gasteiger partial charge in [0.25, 0.3) is 10.0 Å². The van der Waals surface area contributed by atoms with E-state index in [9.17, 15) is 26.4 Å². The van der Waals surface area contributed by atoms with Crippen molar-refractivity contribution in [3.63, 3.8) is 0 Å². The molecule has 0 aliphatic rings. The standard InChI is InChI=1S/C23H20ClF3N2O4S/c1-33-15-16-6-5-7-18(12-16)28-22(30)14-29(34(31,32)19-8-3-2-4-9-19)21-13-17(23(25,26)27)10-11-20(21)24/h2-13H,14-15H2,1H3,(H,28,30). The quantitative estimate of drug-likeness (QED) is 0.442. The fraction of sp³-hybridized carbons (Fsp3) is 0.174. The Labute approximate surface area is 200 Å². The first kappa shape index (κ1) is 25.5. The van der Waals surface area contributed by atoms with Crippen LogP contribution in [0.15, 0.2) is 77.7 Å². The van der Waals surface area contributed by atoms with Crippen molar-refractivity contribution in [2.45, 2.75) is 17.7 Å². The average Bonchev–Trinajstić information content (AvgIpc) is 2.78. The van der Waals surface area contributed by atoms with Crippen LogP contribution in [0, 0.1) is 0 Å². The minimum Gasteiger partial charge on any atom is -0.380 e. The number of sulfonamides is 1. The van der Waals surface area contributed by atoms with E-state index in [1.807, 2.05) is 0 Å². The van der Waals surface area contributed by atoms with Gasteiger partial charge in [0.1, 0.15) is 6.54 Å². The molecule has 1 N–H and O–H groups in total. The molecule has 0 bridgehead atoms. The van der Waals surface area contributed by atoms with Crippen LogP contribution in [-0.4, -0.2) is 28.0 Å². The molecule has 0 spiro atoms. The van der Waals surface area contributed by atoms with Crippen LogP contribution >= 0.6 is 11.6 Å². The van der Waals surface area contributed by atoms with Crippen molar-refractivity contribution >= 4 is 38.9 Å². The Morgan fingerprint density at radius 2 is 1.74 bits per heavy atom. The molecule has 11 heteroatoms. The molecule has 0 saturated heterocycles. The molecule has 6 nitrogen and oxygen atoms in total. The molecular weight excluding hydrogens is 493 g/mol. The normalized spacial score (nSPS) is 11.8. The molecule has 180 valence electrons. The maximum Gasteiger partial charge on any atom is 0.416 e. The summed E-state index contributed by atoms with van der Waals surface area (Å²) in [7, 11) is -2.93. The monoisotopic (exact) mass is 512 g/mol. The predicted molar refractivity (Wildman–Crippen MR) is 123 cm³/mol. The SMILES string of the molecule is COCc1cccc(NC(=O)CN(c2cc(C(F)(F)F)ccc2Cl)S(=O)(=O)c2ccccc2)c1. The van der Waals surface area contributed by atoms with E-state index < -0.39 is 39.9 Å². The highest BCUT2D eigenvalue weighted by Gasteiger charge is 2.34. The Balaban J connectivity index is 2.01. The molecule has 3 aromatic rings. The van der Waals surface area contributed by atoms with Gasteiger partial charge in [-0.05, 0) is 48.0 Å². The highest BCUT2D eigenvalue weighted by molar-refractivity contribution is 7.92. The van der Waals surface area contributed by atoms with Crippen LogP contribution in [0.5, 0.6) is 0 Å². The number of rotatable bonds is 8. The van der Waals surface area contributed by atoms with Gasteiger partial charge in [-0.15, -0.1) is 0 Å². The molecule has 0 fully saturated rings. The third-order valence-electron chi connectivity index (χ3n) is 4.68. The number of hydrogen-bond acceptors (Lipinski definition) is 4. The molecule has 3 rings (SSSR count). The summed E-state index contributed by atoms with van der Waals surface area (Å²) >= 11 is 6.11. The van der Waals surface area contributed by atoms with E-state index in [-0.39, 0.29) is 16.5 Å². The van der Waals surface area contributed by atoms with Crippen molar-refractivity contribution in [2.24, 2.45) is 0 Å². The zero-order valence-electron chi connectivity index (χ0n) is 17.8. The van der Waals surface area contributed by atoms with E-state index in [4.69, 9.17) is 16.3 Å². The number of benzene rings is 3. The summed E-state index contributed by atoms with van der Waals surface area (Å²) in [5.41, 5.74) is -0.446. The molecule has 0 aliphatic heterocycles. The molecule has 0 unspecified atom stereocenters. The maximum atomic E-state index is 13.4. The van der Waals surface area contributed by atoms with Crippen molar-refractivity contribution < 1.29 is 31.1 Å². The van der Waals surface area contributed by atoms with Gasteiger partial charge < -0.3 is 10.1 Å². The zero-order chi connectivity index (χ0) is 24.9. The van der Waals surface area contributed by atoms with E-state index in [1.54, 1.807) is 30.3 Å². The van der Waals surface area contributed by atoms with Crippen molar-refractivity contribution in [1.82, 2.24) is 0 Å². The third kappa shape index (κ3) is 6.07. The molecule has 34 heavy (non-hydrogen) atoms. The summed E-state index contributed by atoms with van der Waals surface area (Å²) in [6.07, 6.45) is -4.74. The van der Waals surface area contributed by atoms with Crippen molar-refractivity contribution in [3.05, 3.63) is 88.9 Å². The Bertz CT molecular complexity index is 1270. The number of amides is 1. The summed E-state index contributed by atoms with van der Waals surface area (Å²) < 4.78 is 72.3. The second-order valence-electron chi connectivity index (χ2n) is 7.17. The number of ether oxygens (including phenoxy) is 1. The van der Waals surface area contributed by atoms with E-state index in [0.29, 0.717) is 16.1 Å². The third-order valence-corrected chi connectivity index (χ3v) is 6.78. The number of halogens is 4. The number of carbonyl (C=O) groups excluding carboxylic acids is 1. The number of methoxy groups -OCH3 is 1. The second-order valence-corrected chi connectivity index (χ2v) is 9.44. The Hall–Kier alpha value is -3.08. The van der Waals surface area contributed by atoms with Gasteiger partial charge in [0.2, 0.25) is 5.91 Å². The minimum absolute atomic E-state index is 0.210. The van der Waals surface area contributed by atoms with E-state index in [1.165, 1.54) is 31.4 Å². The summed E-state index contributed by atoms with van der Waals surface area (Å²) in [5.74, 6) is -0.775. The zero-order valence-corrected chi connectivity index (χ0v) is 19.4. The Morgan fingerprint density at radius 1 is 1.03 bits per heavy atom. The summed E-state index contributed by atoms with van der Waals surface area (Å²) in [5, 5.41) is 2.30. The number of anilines is 2. The van der Waals surface area contributed by atoms with Gasteiger partial charge in [0.05, 0.1) is 27.8 Å². The van der Waals surface area contributed by atoms with Crippen molar-refractivity contribution in [1.29, 1.82) is 0 Å². The number of carbonyl (C=O) groups is 1. The second kappa shape index (κ2) is 10.5. The fourth-order valence-corrected chi connectivity index (χ4v) is 4.86. The van der Waals surface area contributed by atoms with Gasteiger partial charge in [-0.3, -0.25) is 9.10 Å². The first-order chi connectivity index (χ1) is 16.0. The lowest BCUT2D eigenvalue weighted by atomic mass is 10.2. The van der Waals surface area contributed by atoms with Crippen LogP contribution in [0.4, 0.5) is 24.5 Å². The first-order valence-electron chi connectivity index (χ1n) is 9.84. The van der Waals surface area contributed by atoms with Gasteiger partial charge in [-0.2, -0.15) is 13.2 Å². The molecule has 0 atom stereocenters. The van der Waals surface area contributed by atoms with Crippen LogP contribution < -0.4 is 9.62 Å². The number of nitrogens with zero attached hydrogens (tertiary/aromatic N) is 1. The van der Waals surface area contributed by atoms with Gasteiger partial charge in [-0.1, -0.05) is 41.9 Å². The number of hydrogen-bond donors (Lipinski definition) is 1. The number of alkyl halides is 3. The smallest absolute Gasteiger partial charge is 0.380 e. The predicted octanol–water partition coefficient (Wildman–Crippen LogP) is 5.34. The van der Waals surface area contributed by atoms with Crippen LogP contribution in [0.25, 0.3) is 0 Å². The van der Waals surface area contributed by atoms with Crippen LogP contribution in [0.2, 0.25) is 5.02 Å². The summed E-state index contributed by atoms with van der Waals surface area (Å²) in [4.78, 5) is 12.6. The lowest BCUT2D eigenvalue weighted by molar-refractivity contribution is -0.137. The molecule has 1 amide bonds. The van der Waals surface area contributed by atoms with Crippen LogP contribution in [0.1, 0.15) is 11.1 Å². The van der Waals surface area contributed by atoms with E-state index >= 15 is 0 Å². The molecule has 3 aromatic carbocycles. The molecule has 0 aliphatic carbocycles. The number of nitrogens with one attached hydrogen (secondary N) is 1. The van der Waals surface area contributed by atoms with Crippen LogP contribution in [0.3, 0.4) is 0 Å². The highest BCUT2D eigenvalue weighted by Crippen LogP contribution is 2.37. The highest BCUT2D eigenvalue weighted by atomic mass is 35.5. The van der Waals surface area contributed by atoms with Crippen molar-refractivity contribution in [2.75, 3.05) is 23.3 Å². The first-order valence-corrected chi connectivity index (χ1v) is 11.7. The minimum atomic E-state index is -4.74. The Kier molecular flexibility index (Phi) is 7.86. The molecule has 0 saturated carbocycles. The van der Waals surface area contributed by atoms with Crippen molar-refractivity contribution in [3.8, 4) is 0 Å². The summed E-state index contributed by atoms with van der Waals surface area (Å²) in [6, 6.07) is 16.0. The lowest BCUT2D eigenvalue weighted by Crippen LogP contribution is -2.38. The molecule has 0 aromatic heterocycles.